The van der Waals surface area contributed by atoms with Gasteiger partial charge in [0.05, 0.1) is 0 Å². The van der Waals surface area contributed by atoms with Crippen molar-refractivity contribution in [3.63, 3.8) is 0 Å². The smallest absolute Gasteiger partial charge is 0.135 e. The van der Waals surface area contributed by atoms with Crippen LogP contribution in [0.1, 0.15) is 28.5 Å². The Morgan fingerprint density at radius 3 is 2.09 bits per heavy atom. The molecule has 1 heterocycles. The minimum Gasteiger partial charge on any atom is -0.456 e. The molecule has 7 aromatic rings. The van der Waals surface area contributed by atoms with Crippen LogP contribution in [-0.4, -0.2) is 0 Å². The van der Waals surface area contributed by atoms with Crippen LogP contribution in [0.3, 0.4) is 0 Å². The van der Waals surface area contributed by atoms with Crippen molar-refractivity contribution in [2.24, 2.45) is 0 Å². The molecule has 0 aromatic heterocycles. The monoisotopic (exact) mass is 546 g/mol. The van der Waals surface area contributed by atoms with Crippen LogP contribution in [0, 0.1) is 0 Å². The third-order valence-electron chi connectivity index (χ3n) is 9.81. The van der Waals surface area contributed by atoms with E-state index in [-0.39, 0.29) is 5.92 Å². The highest BCUT2D eigenvalue weighted by molar-refractivity contribution is 6.04. The van der Waals surface area contributed by atoms with Crippen molar-refractivity contribution in [3.8, 4) is 33.8 Å². The van der Waals surface area contributed by atoms with E-state index in [0.717, 1.165) is 17.1 Å². The lowest BCUT2D eigenvalue weighted by molar-refractivity contribution is 0.487. The molecule has 2 atom stereocenters. The molecule has 0 saturated carbocycles. The van der Waals surface area contributed by atoms with Crippen molar-refractivity contribution in [3.05, 3.63) is 167 Å². The fourth-order valence-corrected chi connectivity index (χ4v) is 8.02. The molecule has 1 aliphatic heterocycles. The van der Waals surface area contributed by atoms with E-state index < -0.39 is 0 Å². The molecule has 1 nitrogen and oxygen atoms in total. The van der Waals surface area contributed by atoms with Crippen molar-refractivity contribution >= 4 is 33.2 Å². The highest BCUT2D eigenvalue weighted by Gasteiger charge is 2.37. The minimum absolute atomic E-state index is 0.289. The Kier molecular flexibility index (Phi) is 4.62. The Hall–Kier alpha value is -5.40. The predicted octanol–water partition coefficient (Wildman–Crippen LogP) is 9.31. The molecule has 2 unspecified atom stereocenters. The maximum atomic E-state index is 6.40. The molecule has 0 bridgehead atoms. The van der Waals surface area contributed by atoms with Crippen LogP contribution in [-0.2, 0) is 0 Å². The van der Waals surface area contributed by atoms with Crippen molar-refractivity contribution < 1.29 is 4.74 Å². The Morgan fingerprint density at radius 1 is 0.465 bits per heavy atom. The van der Waals surface area contributed by atoms with Gasteiger partial charge in [-0.05, 0) is 89.8 Å². The molecule has 3 aliphatic rings. The van der Waals surface area contributed by atoms with Gasteiger partial charge in [-0.2, -0.15) is 0 Å². The van der Waals surface area contributed by atoms with E-state index in [0.29, 0.717) is 5.92 Å². The summed E-state index contributed by atoms with van der Waals surface area (Å²) in [5, 5.41) is 7.83. The van der Waals surface area contributed by atoms with E-state index >= 15 is 0 Å². The van der Waals surface area contributed by atoms with E-state index in [1.807, 2.05) is 0 Å². The lowest BCUT2D eigenvalue weighted by Crippen LogP contribution is -2.34. The number of hydrogen-bond acceptors (Lipinski definition) is 1. The third kappa shape index (κ3) is 3.22. The van der Waals surface area contributed by atoms with Crippen molar-refractivity contribution in [2.75, 3.05) is 0 Å². The van der Waals surface area contributed by atoms with Gasteiger partial charge in [0.1, 0.15) is 11.5 Å². The summed E-state index contributed by atoms with van der Waals surface area (Å²) in [6.45, 7) is 0. The summed E-state index contributed by atoms with van der Waals surface area (Å²) in [5.74, 6) is 2.46. The summed E-state index contributed by atoms with van der Waals surface area (Å²) < 4.78 is 6.40. The molecular weight excluding hydrogens is 520 g/mol. The molecule has 43 heavy (non-hydrogen) atoms. The molecule has 0 N–H and O–H groups in total. The lowest BCUT2D eigenvalue weighted by Gasteiger charge is -2.27. The van der Waals surface area contributed by atoms with Gasteiger partial charge in [0.2, 0.25) is 0 Å². The first kappa shape index (κ1) is 23.2. The van der Waals surface area contributed by atoms with E-state index in [4.69, 9.17) is 4.74 Å². The number of hydrogen-bond donors (Lipinski definition) is 0. The number of fused-ring (bicyclic) bond motifs is 6. The fraction of sp³-hybridized carbons (Fsp3) is 0.0476. The van der Waals surface area contributed by atoms with Crippen molar-refractivity contribution in [1.29, 1.82) is 0 Å². The Labute approximate surface area is 249 Å². The molecule has 0 radical (unpaired) electrons. The van der Waals surface area contributed by atoms with Gasteiger partial charge in [-0.1, -0.05) is 121 Å². The molecule has 0 fully saturated rings. The summed E-state index contributed by atoms with van der Waals surface area (Å²) in [6.07, 6.45) is 2.50. The zero-order valence-electron chi connectivity index (χ0n) is 23.4. The summed E-state index contributed by atoms with van der Waals surface area (Å²) in [4.78, 5) is 0. The Balaban J connectivity index is 1.17. The second-order valence-electron chi connectivity index (χ2n) is 12.0. The standard InChI is InChI=1S/C42H26O/c1-2-15-31-29(8-1)24-36-33-17-4-9-25-10-6-18-34(39(25)33)42(36)41(31)30-14-3-13-27(22-30)28-20-21-37-35(23-28)32-16-5-11-26-12-7-19-38(43-37)40(26)32/h1-24,36,42H. The first-order valence-electron chi connectivity index (χ1n) is 15.1. The molecule has 200 valence electrons. The molecule has 0 saturated heterocycles. The van der Waals surface area contributed by atoms with Crippen LogP contribution < -0.4 is 15.2 Å². The molecule has 0 amide bonds. The van der Waals surface area contributed by atoms with Gasteiger partial charge in [-0.3, -0.25) is 0 Å². The van der Waals surface area contributed by atoms with Crippen LogP contribution in [0.4, 0.5) is 0 Å². The molecule has 7 aromatic carbocycles. The summed E-state index contributed by atoms with van der Waals surface area (Å²) in [7, 11) is 0. The average Bonchev–Trinajstić information content (AvgIpc) is 3.38. The minimum atomic E-state index is 0.289. The van der Waals surface area contributed by atoms with Crippen LogP contribution in [0.15, 0.2) is 140 Å². The first-order valence-corrected chi connectivity index (χ1v) is 15.1. The zero-order valence-corrected chi connectivity index (χ0v) is 23.4. The van der Waals surface area contributed by atoms with Gasteiger partial charge in [0.25, 0.3) is 0 Å². The van der Waals surface area contributed by atoms with E-state index in [1.54, 1.807) is 0 Å². The maximum absolute atomic E-state index is 6.40. The van der Waals surface area contributed by atoms with E-state index in [9.17, 15) is 0 Å². The maximum Gasteiger partial charge on any atom is 0.135 e. The van der Waals surface area contributed by atoms with Gasteiger partial charge in [-0.25, -0.2) is 0 Å². The molecule has 1 heteroatoms. The second-order valence-corrected chi connectivity index (χ2v) is 12.0. The Bertz CT molecular complexity index is 2440. The molecule has 2 aliphatic carbocycles. The summed E-state index contributed by atoms with van der Waals surface area (Å²) >= 11 is 0. The average molecular weight is 547 g/mol. The fourth-order valence-electron chi connectivity index (χ4n) is 8.02. The number of ether oxygens (including phenoxy) is 1. The zero-order chi connectivity index (χ0) is 28.1. The van der Waals surface area contributed by atoms with Gasteiger partial charge in [0.15, 0.2) is 0 Å². The predicted molar refractivity (Wildman–Crippen MR) is 177 cm³/mol. The first-order chi connectivity index (χ1) is 21.3. The topological polar surface area (TPSA) is 9.23 Å². The normalized spacial score (nSPS) is 17.2. The van der Waals surface area contributed by atoms with Gasteiger partial charge >= 0.3 is 0 Å². The SMILES string of the molecule is C1=c2ccccc2=C(c2cccc(-c3ccc4c(c3)-c3cccc5cccc(c35)O4)c2)C2c3cccc4cccc(c34)C12. The van der Waals surface area contributed by atoms with Crippen LogP contribution in [0.2, 0.25) is 0 Å². The third-order valence-corrected chi connectivity index (χ3v) is 9.81. The van der Waals surface area contributed by atoms with Crippen LogP contribution in [0.5, 0.6) is 11.5 Å². The van der Waals surface area contributed by atoms with Crippen LogP contribution in [0.25, 0.3) is 55.4 Å². The second kappa shape index (κ2) is 8.56. The van der Waals surface area contributed by atoms with Crippen LogP contribution >= 0.6 is 0 Å². The van der Waals surface area contributed by atoms with Gasteiger partial charge in [-0.15, -0.1) is 0 Å². The Morgan fingerprint density at radius 2 is 1.19 bits per heavy atom. The lowest BCUT2D eigenvalue weighted by atomic mass is 9.76. The van der Waals surface area contributed by atoms with Crippen molar-refractivity contribution in [2.45, 2.75) is 11.8 Å². The largest absolute Gasteiger partial charge is 0.456 e. The summed E-state index contributed by atoms with van der Waals surface area (Å²) in [5.41, 5.74) is 10.4. The molecule has 10 rings (SSSR count). The number of rotatable bonds is 2. The quantitative estimate of drug-likeness (QED) is 0.210. The van der Waals surface area contributed by atoms with Gasteiger partial charge < -0.3 is 4.74 Å². The van der Waals surface area contributed by atoms with Crippen molar-refractivity contribution in [1.82, 2.24) is 0 Å². The molecule has 0 spiro atoms. The molecular formula is C42H26O. The van der Waals surface area contributed by atoms with Gasteiger partial charge in [0, 0.05) is 22.8 Å². The highest BCUT2D eigenvalue weighted by atomic mass is 16.5. The number of benzene rings is 7. The highest BCUT2D eigenvalue weighted by Crippen LogP contribution is 2.53. The van der Waals surface area contributed by atoms with E-state index in [1.165, 1.54) is 70.9 Å². The van der Waals surface area contributed by atoms with E-state index in [2.05, 4.69) is 146 Å². The summed E-state index contributed by atoms with van der Waals surface area (Å²) in [6, 6.07) is 51.2.